The maximum atomic E-state index is 13.4. The molecule has 4 heterocycles. The van der Waals surface area contributed by atoms with Crippen LogP contribution in [0.15, 0.2) is 36.4 Å². The monoisotopic (exact) mass is 431 g/mol. The van der Waals surface area contributed by atoms with Crippen LogP contribution in [0.5, 0.6) is 0 Å². The quantitative estimate of drug-likeness (QED) is 0.659. The summed E-state index contributed by atoms with van der Waals surface area (Å²) in [7, 11) is 0. The van der Waals surface area contributed by atoms with Crippen molar-refractivity contribution in [1.29, 1.82) is 0 Å². The number of rotatable bonds is 2. The molecule has 1 aromatic rings. The van der Waals surface area contributed by atoms with Crippen LogP contribution >= 0.6 is 0 Å². The Morgan fingerprint density at radius 3 is 2.55 bits per heavy atom. The number of cyclic esters (lactones) is 1. The normalized spacial score (nSPS) is 37.8. The van der Waals surface area contributed by atoms with Gasteiger partial charge < -0.3 is 28.4 Å². The van der Waals surface area contributed by atoms with E-state index >= 15 is 0 Å². The number of nitrogens with zero attached hydrogens (tertiary/aromatic N) is 1. The first-order valence-electron chi connectivity index (χ1n) is 10.2. The molecule has 31 heavy (non-hydrogen) atoms. The van der Waals surface area contributed by atoms with Crippen LogP contribution < -0.4 is 0 Å². The fraction of sp³-hybridized carbons (Fsp3) is 0.545. The average molecular weight is 431 g/mol. The molecule has 0 N–H and O–H groups in total. The molecule has 0 aliphatic carbocycles. The van der Waals surface area contributed by atoms with Crippen molar-refractivity contribution in [3.8, 4) is 0 Å². The largest absolute Gasteiger partial charge is 0.443 e. The van der Waals surface area contributed by atoms with Crippen molar-refractivity contribution < 1.29 is 38.0 Å². The summed E-state index contributed by atoms with van der Waals surface area (Å²) in [5, 5.41) is 0. The van der Waals surface area contributed by atoms with Gasteiger partial charge in [0.05, 0.1) is 6.61 Å². The van der Waals surface area contributed by atoms with E-state index in [1.54, 1.807) is 33.8 Å². The van der Waals surface area contributed by atoms with Gasteiger partial charge in [-0.15, -0.1) is 0 Å². The summed E-state index contributed by atoms with van der Waals surface area (Å²) in [6.07, 6.45) is 0.637. The molecular formula is C22H25NO8. The van der Waals surface area contributed by atoms with Gasteiger partial charge >= 0.3 is 6.09 Å². The molecule has 4 saturated heterocycles. The van der Waals surface area contributed by atoms with Gasteiger partial charge in [-0.2, -0.15) is 0 Å². The lowest BCUT2D eigenvalue weighted by molar-refractivity contribution is -0.356. The molecular weight excluding hydrogens is 406 g/mol. The lowest BCUT2D eigenvalue weighted by atomic mass is 9.87. The summed E-state index contributed by atoms with van der Waals surface area (Å²) < 4.78 is 36.0. The van der Waals surface area contributed by atoms with Crippen LogP contribution in [0.25, 0.3) is 6.08 Å². The first-order valence-corrected chi connectivity index (χ1v) is 10.2. The second kappa shape index (κ2) is 6.60. The van der Waals surface area contributed by atoms with E-state index in [4.69, 9.17) is 28.4 Å². The van der Waals surface area contributed by atoms with Gasteiger partial charge in [0.1, 0.15) is 12.2 Å². The van der Waals surface area contributed by atoms with E-state index < -0.39 is 47.3 Å². The third-order valence-electron chi connectivity index (χ3n) is 5.75. The van der Waals surface area contributed by atoms with E-state index in [9.17, 15) is 9.59 Å². The summed E-state index contributed by atoms with van der Waals surface area (Å²) in [6, 6.07) is 9.26. The van der Waals surface area contributed by atoms with Crippen molar-refractivity contribution in [2.75, 3.05) is 13.2 Å². The van der Waals surface area contributed by atoms with E-state index in [-0.39, 0.29) is 13.2 Å². The van der Waals surface area contributed by atoms with Crippen LogP contribution in [-0.4, -0.2) is 65.4 Å². The van der Waals surface area contributed by atoms with Crippen LogP contribution in [0, 0.1) is 0 Å². The minimum atomic E-state index is -1.72. The summed E-state index contributed by atoms with van der Waals surface area (Å²) in [4.78, 5) is 27.3. The summed E-state index contributed by atoms with van der Waals surface area (Å²) in [5.74, 6) is -4.33. The standard InChI is InChI=1S/C22H25NO8/c1-19(2)28-15-12-27-21-13-26-18(25)23(16(24)11-10-14-8-6-5-7-9-14)22(21,17(15)29-19)31-20(3,4)30-21/h5-11,15,17H,12-13H2,1-4H3/b11-10+/t15-,17-,21+,22+/m1/s1. The SMILES string of the molecule is CC1(C)O[C@@H]2[C@@H](CO[C@]34COC(=O)N(C(=O)/C=C/c5ccccc5)[C@]23OC(C)(C)O4)O1. The molecule has 0 aromatic heterocycles. The summed E-state index contributed by atoms with van der Waals surface area (Å²) in [6.45, 7) is 6.78. The molecule has 9 heteroatoms. The lowest BCUT2D eigenvalue weighted by Crippen LogP contribution is -2.80. The molecule has 5 rings (SSSR count). The van der Waals surface area contributed by atoms with Gasteiger partial charge in [-0.3, -0.25) is 4.79 Å². The number of imide groups is 1. The van der Waals surface area contributed by atoms with Crippen LogP contribution in [0.1, 0.15) is 33.3 Å². The second-order valence-corrected chi connectivity index (χ2v) is 8.93. The third-order valence-corrected chi connectivity index (χ3v) is 5.75. The van der Waals surface area contributed by atoms with Gasteiger partial charge in [-0.05, 0) is 39.3 Å². The highest BCUT2D eigenvalue weighted by Gasteiger charge is 2.81. The molecule has 4 fully saturated rings. The Hall–Kier alpha value is -2.30. The number of carbonyl (C=O) groups is 2. The molecule has 0 unspecified atom stereocenters. The van der Waals surface area contributed by atoms with Crippen LogP contribution in [0.2, 0.25) is 0 Å². The fourth-order valence-corrected chi connectivity index (χ4v) is 4.79. The van der Waals surface area contributed by atoms with Crippen LogP contribution in [-0.2, 0) is 33.2 Å². The number of fused-ring (bicyclic) bond motifs is 1. The molecule has 0 saturated carbocycles. The topological polar surface area (TPSA) is 92.8 Å². The Morgan fingerprint density at radius 2 is 1.81 bits per heavy atom. The Bertz CT molecular complexity index is 944. The minimum absolute atomic E-state index is 0.134. The zero-order chi connectivity index (χ0) is 22.1. The molecule has 1 aromatic carbocycles. The lowest BCUT2D eigenvalue weighted by Gasteiger charge is -2.54. The smallest absolute Gasteiger partial charge is 0.419 e. The van der Waals surface area contributed by atoms with Crippen molar-refractivity contribution >= 4 is 18.1 Å². The molecule has 9 nitrogen and oxygen atoms in total. The number of hydrogen-bond donors (Lipinski definition) is 0. The molecule has 4 aliphatic rings. The van der Waals surface area contributed by atoms with Crippen molar-refractivity contribution in [2.45, 2.75) is 63.0 Å². The number of carbonyl (C=O) groups excluding carboxylic acids is 2. The summed E-state index contributed by atoms with van der Waals surface area (Å²) in [5.41, 5.74) is -0.922. The molecule has 166 valence electrons. The number of hydrogen-bond acceptors (Lipinski definition) is 8. The van der Waals surface area contributed by atoms with E-state index in [0.29, 0.717) is 0 Å². The van der Waals surface area contributed by atoms with Crippen molar-refractivity contribution in [3.63, 3.8) is 0 Å². The predicted molar refractivity (Wildman–Crippen MR) is 105 cm³/mol. The predicted octanol–water partition coefficient (Wildman–Crippen LogP) is 2.40. The zero-order valence-corrected chi connectivity index (χ0v) is 17.8. The first kappa shape index (κ1) is 20.6. The Balaban J connectivity index is 1.60. The molecule has 0 radical (unpaired) electrons. The van der Waals surface area contributed by atoms with Gasteiger partial charge in [0.25, 0.3) is 11.7 Å². The first-order chi connectivity index (χ1) is 14.6. The minimum Gasteiger partial charge on any atom is -0.443 e. The third kappa shape index (κ3) is 3.03. The van der Waals surface area contributed by atoms with Gasteiger partial charge in [-0.1, -0.05) is 30.3 Å². The van der Waals surface area contributed by atoms with Crippen molar-refractivity contribution in [1.82, 2.24) is 4.90 Å². The van der Waals surface area contributed by atoms with Gasteiger partial charge in [0, 0.05) is 6.08 Å². The summed E-state index contributed by atoms with van der Waals surface area (Å²) >= 11 is 0. The van der Waals surface area contributed by atoms with E-state index in [1.807, 2.05) is 30.3 Å². The molecule has 0 bridgehead atoms. The van der Waals surface area contributed by atoms with Crippen LogP contribution in [0.3, 0.4) is 0 Å². The van der Waals surface area contributed by atoms with Gasteiger partial charge in [-0.25, -0.2) is 9.69 Å². The van der Waals surface area contributed by atoms with Gasteiger partial charge in [0.15, 0.2) is 18.2 Å². The molecule has 2 amide bonds. The fourth-order valence-electron chi connectivity index (χ4n) is 4.79. The second-order valence-electron chi connectivity index (χ2n) is 8.93. The maximum Gasteiger partial charge on any atom is 0.419 e. The zero-order valence-electron chi connectivity index (χ0n) is 17.8. The number of ether oxygens (including phenoxy) is 6. The van der Waals surface area contributed by atoms with Crippen molar-refractivity contribution in [2.24, 2.45) is 0 Å². The highest BCUT2D eigenvalue weighted by atomic mass is 16.9. The Labute approximate surface area is 179 Å². The highest BCUT2D eigenvalue weighted by molar-refractivity contribution is 6.02. The maximum absolute atomic E-state index is 13.4. The number of amides is 2. The number of benzene rings is 1. The van der Waals surface area contributed by atoms with E-state index in [2.05, 4.69) is 0 Å². The van der Waals surface area contributed by atoms with Crippen molar-refractivity contribution in [3.05, 3.63) is 42.0 Å². The Kier molecular flexibility index (Phi) is 4.38. The van der Waals surface area contributed by atoms with Gasteiger partial charge in [0.2, 0.25) is 5.72 Å². The molecule has 4 atom stereocenters. The molecule has 0 spiro atoms. The Morgan fingerprint density at radius 1 is 1.06 bits per heavy atom. The average Bonchev–Trinajstić information content (AvgIpc) is 3.16. The van der Waals surface area contributed by atoms with E-state index in [1.165, 1.54) is 6.08 Å². The van der Waals surface area contributed by atoms with E-state index in [0.717, 1.165) is 10.5 Å². The highest BCUT2D eigenvalue weighted by Crippen LogP contribution is 2.57. The van der Waals surface area contributed by atoms with Crippen LogP contribution in [0.4, 0.5) is 4.79 Å². The molecule has 4 aliphatic heterocycles.